The number of unbranched alkanes of at least 4 members (excludes halogenated alkanes) is 4. The number of benzene rings is 2. The molecule has 0 bridgehead atoms. The highest BCUT2D eigenvalue weighted by Crippen LogP contribution is 2.12. The van der Waals surface area contributed by atoms with Crippen LogP contribution in [0.1, 0.15) is 55.7 Å². The summed E-state index contributed by atoms with van der Waals surface area (Å²) in [5.74, 6) is 0. The number of ether oxygens (including phenoxy) is 1. The van der Waals surface area contributed by atoms with E-state index in [1.54, 1.807) is 0 Å². The first-order chi connectivity index (χ1) is 13.4. The van der Waals surface area contributed by atoms with E-state index in [0.717, 1.165) is 51.0 Å². The molecule has 2 aromatic rings. The fourth-order valence-corrected chi connectivity index (χ4v) is 3.21. The van der Waals surface area contributed by atoms with E-state index in [2.05, 4.69) is 47.8 Å². The molecule has 2 N–H and O–H groups in total. The molecule has 0 amide bonds. The molecule has 0 radical (unpaired) electrons. The van der Waals surface area contributed by atoms with Gasteiger partial charge in [-0.15, -0.1) is 0 Å². The van der Waals surface area contributed by atoms with Gasteiger partial charge in [0.05, 0.1) is 12.6 Å². The van der Waals surface area contributed by atoms with Crippen molar-refractivity contribution in [1.29, 1.82) is 0 Å². The molecule has 0 aliphatic heterocycles. The van der Waals surface area contributed by atoms with E-state index in [0.29, 0.717) is 0 Å². The van der Waals surface area contributed by atoms with Gasteiger partial charge in [-0.25, -0.2) is 0 Å². The maximum Gasteiger partial charge on any atom is 0.0626 e. The summed E-state index contributed by atoms with van der Waals surface area (Å²) in [4.78, 5) is 0. The Morgan fingerprint density at radius 3 is 2.07 bits per heavy atom. The third-order valence-electron chi connectivity index (χ3n) is 4.84. The second-order valence-corrected chi connectivity index (χ2v) is 7.07. The molecular formula is C24H35NO2. The number of nitrogens with one attached hydrogen (secondary N) is 1. The van der Waals surface area contributed by atoms with Crippen LogP contribution in [0.15, 0.2) is 60.7 Å². The van der Waals surface area contributed by atoms with E-state index in [-0.39, 0.29) is 12.6 Å². The van der Waals surface area contributed by atoms with Crippen LogP contribution in [0.2, 0.25) is 0 Å². The van der Waals surface area contributed by atoms with Crippen molar-refractivity contribution in [3.63, 3.8) is 0 Å². The Hall–Kier alpha value is -1.68. The summed E-state index contributed by atoms with van der Waals surface area (Å²) < 4.78 is 5.74. The standard InChI is InChI=1S/C24H35NO2/c26-21-24(23-16-7-4-8-17-23)25-18-10-1-2-11-19-27-20-12-9-15-22-13-5-3-6-14-22/h3-8,13-14,16-17,24-26H,1-2,9-12,15,18-21H2. The van der Waals surface area contributed by atoms with Gasteiger partial charge in [0.1, 0.15) is 0 Å². The third kappa shape index (κ3) is 9.71. The van der Waals surface area contributed by atoms with Crippen LogP contribution in [-0.2, 0) is 11.2 Å². The Kier molecular flexibility index (Phi) is 11.5. The number of rotatable bonds is 15. The molecule has 0 saturated heterocycles. The van der Waals surface area contributed by atoms with Gasteiger partial charge in [0.25, 0.3) is 0 Å². The van der Waals surface area contributed by atoms with Gasteiger partial charge in [-0.05, 0) is 49.8 Å². The minimum Gasteiger partial charge on any atom is -0.394 e. The molecule has 0 heterocycles. The highest BCUT2D eigenvalue weighted by Gasteiger charge is 2.07. The highest BCUT2D eigenvalue weighted by atomic mass is 16.5. The summed E-state index contributed by atoms with van der Waals surface area (Å²) >= 11 is 0. The molecular weight excluding hydrogens is 334 g/mol. The maximum absolute atomic E-state index is 9.53. The minimum atomic E-state index is 0.0467. The summed E-state index contributed by atoms with van der Waals surface area (Å²) in [5.41, 5.74) is 2.57. The van der Waals surface area contributed by atoms with Gasteiger partial charge in [-0.1, -0.05) is 73.5 Å². The lowest BCUT2D eigenvalue weighted by molar-refractivity contribution is 0.126. The Bertz CT molecular complexity index is 573. The largest absolute Gasteiger partial charge is 0.394 e. The van der Waals surface area contributed by atoms with Gasteiger partial charge in [0.2, 0.25) is 0 Å². The summed E-state index contributed by atoms with van der Waals surface area (Å²) in [6, 6.07) is 20.9. The predicted molar refractivity (Wildman–Crippen MR) is 113 cm³/mol. The molecule has 0 spiro atoms. The zero-order valence-corrected chi connectivity index (χ0v) is 16.5. The first-order valence-corrected chi connectivity index (χ1v) is 10.4. The number of hydrogen-bond acceptors (Lipinski definition) is 3. The molecule has 3 nitrogen and oxygen atoms in total. The molecule has 2 rings (SSSR count). The van der Waals surface area contributed by atoms with Gasteiger partial charge in [-0.2, -0.15) is 0 Å². The number of aliphatic hydroxyl groups excluding tert-OH is 1. The summed E-state index contributed by atoms with van der Waals surface area (Å²) in [7, 11) is 0. The molecule has 0 saturated carbocycles. The maximum atomic E-state index is 9.53. The molecule has 2 aromatic carbocycles. The van der Waals surface area contributed by atoms with Crippen LogP contribution in [0.4, 0.5) is 0 Å². The fraction of sp³-hybridized carbons (Fsp3) is 0.500. The number of aryl methyl sites for hydroxylation is 1. The second kappa shape index (κ2) is 14.4. The molecule has 3 heteroatoms. The van der Waals surface area contributed by atoms with Gasteiger partial charge in [-0.3, -0.25) is 0 Å². The monoisotopic (exact) mass is 369 g/mol. The molecule has 0 aliphatic carbocycles. The topological polar surface area (TPSA) is 41.5 Å². The fourth-order valence-electron chi connectivity index (χ4n) is 3.21. The van der Waals surface area contributed by atoms with Crippen LogP contribution < -0.4 is 5.32 Å². The van der Waals surface area contributed by atoms with E-state index in [4.69, 9.17) is 4.74 Å². The quantitative estimate of drug-likeness (QED) is 0.438. The molecule has 1 unspecified atom stereocenters. The Labute approximate surface area is 164 Å². The van der Waals surface area contributed by atoms with Crippen molar-refractivity contribution in [2.45, 2.75) is 51.0 Å². The van der Waals surface area contributed by atoms with Gasteiger partial charge < -0.3 is 15.2 Å². The second-order valence-electron chi connectivity index (χ2n) is 7.07. The van der Waals surface area contributed by atoms with E-state index in [9.17, 15) is 5.11 Å². The average molecular weight is 370 g/mol. The first kappa shape index (κ1) is 21.6. The lowest BCUT2D eigenvalue weighted by Crippen LogP contribution is -2.25. The van der Waals surface area contributed by atoms with Crippen LogP contribution >= 0.6 is 0 Å². The van der Waals surface area contributed by atoms with Crippen molar-refractivity contribution in [1.82, 2.24) is 5.32 Å². The van der Waals surface area contributed by atoms with Gasteiger partial charge >= 0.3 is 0 Å². The van der Waals surface area contributed by atoms with Crippen molar-refractivity contribution < 1.29 is 9.84 Å². The SMILES string of the molecule is OCC(NCCCCCCOCCCCc1ccccc1)c1ccccc1. The Morgan fingerprint density at radius 1 is 0.741 bits per heavy atom. The first-order valence-electron chi connectivity index (χ1n) is 10.4. The average Bonchev–Trinajstić information content (AvgIpc) is 2.73. The molecule has 0 aliphatic rings. The predicted octanol–water partition coefficient (Wildman–Crippen LogP) is 4.91. The van der Waals surface area contributed by atoms with Crippen LogP contribution in [-0.4, -0.2) is 31.5 Å². The molecule has 1 atom stereocenters. The smallest absolute Gasteiger partial charge is 0.0626 e. The third-order valence-corrected chi connectivity index (χ3v) is 4.84. The molecule has 148 valence electrons. The number of aliphatic hydroxyl groups is 1. The summed E-state index contributed by atoms with van der Waals surface area (Å²) in [6.07, 6.45) is 8.18. The number of hydrogen-bond donors (Lipinski definition) is 2. The normalized spacial score (nSPS) is 12.2. The van der Waals surface area contributed by atoms with Crippen molar-refractivity contribution in [2.24, 2.45) is 0 Å². The summed E-state index contributed by atoms with van der Waals surface area (Å²) in [6.45, 7) is 2.84. The van der Waals surface area contributed by atoms with Crippen LogP contribution in [0.5, 0.6) is 0 Å². The zero-order chi connectivity index (χ0) is 19.0. The molecule has 27 heavy (non-hydrogen) atoms. The summed E-state index contributed by atoms with van der Waals surface area (Å²) in [5, 5.41) is 13.0. The Morgan fingerprint density at radius 2 is 1.37 bits per heavy atom. The lowest BCUT2D eigenvalue weighted by atomic mass is 10.1. The van der Waals surface area contributed by atoms with Crippen molar-refractivity contribution >= 4 is 0 Å². The van der Waals surface area contributed by atoms with Crippen LogP contribution in [0.25, 0.3) is 0 Å². The van der Waals surface area contributed by atoms with E-state index in [1.807, 2.05) is 18.2 Å². The van der Waals surface area contributed by atoms with Crippen molar-refractivity contribution in [3.8, 4) is 0 Å². The van der Waals surface area contributed by atoms with Crippen LogP contribution in [0, 0.1) is 0 Å². The van der Waals surface area contributed by atoms with E-state index < -0.39 is 0 Å². The van der Waals surface area contributed by atoms with E-state index >= 15 is 0 Å². The van der Waals surface area contributed by atoms with Gasteiger partial charge in [0, 0.05) is 13.2 Å². The molecule has 0 aromatic heterocycles. The van der Waals surface area contributed by atoms with Crippen molar-refractivity contribution in [3.05, 3.63) is 71.8 Å². The van der Waals surface area contributed by atoms with E-state index in [1.165, 1.54) is 24.8 Å². The zero-order valence-electron chi connectivity index (χ0n) is 16.5. The Balaban J connectivity index is 1.37. The highest BCUT2D eigenvalue weighted by molar-refractivity contribution is 5.18. The van der Waals surface area contributed by atoms with Gasteiger partial charge in [0.15, 0.2) is 0 Å². The minimum absolute atomic E-state index is 0.0467. The lowest BCUT2D eigenvalue weighted by Gasteiger charge is -2.16. The van der Waals surface area contributed by atoms with Crippen molar-refractivity contribution in [2.75, 3.05) is 26.4 Å². The molecule has 0 fully saturated rings. The van der Waals surface area contributed by atoms with Crippen LogP contribution in [0.3, 0.4) is 0 Å².